The molecule has 1 aliphatic heterocycles. The summed E-state index contributed by atoms with van der Waals surface area (Å²) in [5, 5.41) is 28.3. The molecule has 2 rings (SSSR count). The van der Waals surface area contributed by atoms with Gasteiger partial charge in [-0.25, -0.2) is 4.79 Å². The van der Waals surface area contributed by atoms with Crippen molar-refractivity contribution in [3.05, 3.63) is 22.2 Å². The van der Waals surface area contributed by atoms with Gasteiger partial charge in [0.25, 0.3) is 0 Å². The van der Waals surface area contributed by atoms with E-state index < -0.39 is 30.2 Å². The van der Waals surface area contributed by atoms with E-state index in [-0.39, 0.29) is 24.4 Å². The van der Waals surface area contributed by atoms with Crippen molar-refractivity contribution in [2.24, 2.45) is 0 Å². The highest BCUT2D eigenvalue weighted by Gasteiger charge is 2.35. The van der Waals surface area contributed by atoms with Crippen LogP contribution in [0.2, 0.25) is 0 Å². The van der Waals surface area contributed by atoms with E-state index in [0.29, 0.717) is 0 Å². The Morgan fingerprint density at radius 2 is 2.40 bits per heavy atom. The predicted molar refractivity (Wildman–Crippen MR) is 68.3 cm³/mol. The average molecular weight is 281 g/mol. The van der Waals surface area contributed by atoms with Gasteiger partial charge in [-0.3, -0.25) is 4.57 Å². The lowest BCUT2D eigenvalue weighted by atomic mass is 10.1. The minimum Gasteiger partial charge on any atom is -0.394 e. The van der Waals surface area contributed by atoms with Crippen molar-refractivity contribution in [1.82, 2.24) is 9.55 Å². The van der Waals surface area contributed by atoms with Crippen LogP contribution in [0, 0.1) is 12.3 Å². The molecule has 0 spiro atoms. The van der Waals surface area contributed by atoms with Gasteiger partial charge in [0.05, 0.1) is 18.3 Å². The second kappa shape index (κ2) is 5.60. The Morgan fingerprint density at radius 3 is 2.95 bits per heavy atom. The highest BCUT2D eigenvalue weighted by atomic mass is 16.5. The van der Waals surface area contributed by atoms with Gasteiger partial charge in [0, 0.05) is 12.6 Å². The zero-order valence-corrected chi connectivity index (χ0v) is 10.5. The molecule has 1 aromatic rings. The van der Waals surface area contributed by atoms with E-state index >= 15 is 0 Å². The third kappa shape index (κ3) is 2.52. The number of ether oxygens (including phenoxy) is 1. The first-order valence-corrected chi connectivity index (χ1v) is 5.95. The fourth-order valence-corrected chi connectivity index (χ4v) is 2.05. The van der Waals surface area contributed by atoms with Crippen molar-refractivity contribution in [2.75, 3.05) is 12.3 Å². The summed E-state index contributed by atoms with van der Waals surface area (Å²) in [7, 11) is 0. The molecule has 0 unspecified atom stereocenters. The topological polar surface area (TPSA) is 131 Å². The van der Waals surface area contributed by atoms with Crippen LogP contribution in [0.15, 0.2) is 11.0 Å². The first kappa shape index (κ1) is 14.5. The van der Waals surface area contributed by atoms with Gasteiger partial charge in [-0.15, -0.1) is 6.42 Å². The van der Waals surface area contributed by atoms with Gasteiger partial charge in [-0.2, -0.15) is 4.98 Å². The van der Waals surface area contributed by atoms with E-state index in [1.165, 1.54) is 6.20 Å². The van der Waals surface area contributed by atoms with Crippen LogP contribution in [0.25, 0.3) is 0 Å². The number of aromatic nitrogens is 2. The minimum atomic E-state index is -1.30. The first-order valence-electron chi connectivity index (χ1n) is 5.95. The van der Waals surface area contributed by atoms with E-state index in [4.69, 9.17) is 22.0 Å². The number of hydrogen-bond donors (Lipinski definition) is 4. The van der Waals surface area contributed by atoms with E-state index in [0.717, 1.165) is 4.57 Å². The number of terminal acetylenes is 1. The third-order valence-corrected chi connectivity index (χ3v) is 3.16. The Hall–Kier alpha value is -1.92. The monoisotopic (exact) mass is 281 g/mol. The van der Waals surface area contributed by atoms with Crippen molar-refractivity contribution in [2.45, 2.75) is 31.0 Å². The average Bonchev–Trinajstić information content (AvgIpc) is 2.79. The fourth-order valence-electron chi connectivity index (χ4n) is 2.05. The smallest absolute Gasteiger partial charge is 0.351 e. The second-order valence-corrected chi connectivity index (χ2v) is 4.46. The molecule has 8 heteroatoms. The number of anilines is 1. The second-order valence-electron chi connectivity index (χ2n) is 4.46. The molecule has 1 fully saturated rings. The summed E-state index contributed by atoms with van der Waals surface area (Å²) in [6.45, 7) is -0.366. The maximum absolute atomic E-state index is 11.8. The van der Waals surface area contributed by atoms with Gasteiger partial charge >= 0.3 is 5.69 Å². The highest BCUT2D eigenvalue weighted by Crippen LogP contribution is 2.28. The van der Waals surface area contributed by atoms with Crippen LogP contribution in [0.5, 0.6) is 0 Å². The van der Waals surface area contributed by atoms with Gasteiger partial charge in [-0.05, 0) is 0 Å². The number of nitrogens with two attached hydrogens (primary N) is 1. The lowest BCUT2D eigenvalue weighted by Crippen LogP contribution is -2.29. The molecule has 108 valence electrons. The normalized spacial score (nSPS) is 27.2. The Labute approximate surface area is 114 Å². The maximum atomic E-state index is 11.8. The van der Waals surface area contributed by atoms with Crippen molar-refractivity contribution >= 4 is 5.82 Å². The van der Waals surface area contributed by atoms with E-state index in [2.05, 4.69) is 10.9 Å². The van der Waals surface area contributed by atoms with E-state index in [9.17, 15) is 15.0 Å². The van der Waals surface area contributed by atoms with Gasteiger partial charge in [0.1, 0.15) is 24.3 Å². The molecule has 0 aliphatic carbocycles. The number of rotatable bonds is 3. The molecule has 0 bridgehead atoms. The summed E-state index contributed by atoms with van der Waals surface area (Å²) in [5.74, 6) is 1.92. The van der Waals surface area contributed by atoms with Crippen molar-refractivity contribution in [3.63, 3.8) is 0 Å². The standard InChI is InChI=1S/C12H15N3O5/c1-2-7(17)6-4-15(12(19)14-11(6)13)10-3-8(18)9(5-16)20-10/h1,4,7-10,16-18H,3,5H2,(H2,13,14,19)/t7-,8-,9+,10+/m0/s1. The van der Waals surface area contributed by atoms with Crippen molar-refractivity contribution in [1.29, 1.82) is 0 Å². The summed E-state index contributed by atoms with van der Waals surface area (Å²) in [6, 6.07) is 0. The SMILES string of the molecule is C#C[C@H](O)c1cn([C@H]2C[C@H](O)[C@@H](CO)O2)c(=O)nc1N. The third-order valence-electron chi connectivity index (χ3n) is 3.16. The Kier molecular flexibility index (Phi) is 4.06. The first-order chi connectivity index (χ1) is 9.47. The zero-order chi connectivity index (χ0) is 14.9. The minimum absolute atomic E-state index is 0.109. The molecule has 0 amide bonds. The lowest BCUT2D eigenvalue weighted by molar-refractivity contribution is -0.0460. The maximum Gasteiger partial charge on any atom is 0.351 e. The van der Waals surface area contributed by atoms with Crippen LogP contribution in [-0.4, -0.2) is 43.7 Å². The van der Waals surface area contributed by atoms with E-state index in [1.54, 1.807) is 0 Å². The van der Waals surface area contributed by atoms with E-state index in [1.807, 2.05) is 0 Å². The number of nitrogen functional groups attached to an aromatic ring is 1. The van der Waals surface area contributed by atoms with Crippen LogP contribution < -0.4 is 11.4 Å². The molecule has 1 aliphatic rings. The molecular formula is C12H15N3O5. The van der Waals surface area contributed by atoms with Crippen molar-refractivity contribution in [3.8, 4) is 12.3 Å². The molecular weight excluding hydrogens is 266 g/mol. The van der Waals surface area contributed by atoms with Crippen LogP contribution >= 0.6 is 0 Å². The van der Waals surface area contributed by atoms with Gasteiger partial charge in [0.15, 0.2) is 0 Å². The summed E-state index contributed by atoms with van der Waals surface area (Å²) in [5.41, 5.74) is 4.96. The number of aliphatic hydroxyl groups excluding tert-OH is 3. The van der Waals surface area contributed by atoms with Crippen LogP contribution in [-0.2, 0) is 4.74 Å². The summed E-state index contributed by atoms with van der Waals surface area (Å²) in [6.07, 6.45) is 2.71. The molecule has 5 N–H and O–H groups in total. The van der Waals surface area contributed by atoms with Crippen LogP contribution in [0.3, 0.4) is 0 Å². The Balaban J connectivity index is 2.38. The molecule has 0 aromatic carbocycles. The largest absolute Gasteiger partial charge is 0.394 e. The lowest BCUT2D eigenvalue weighted by Gasteiger charge is -2.16. The summed E-state index contributed by atoms with van der Waals surface area (Å²) < 4.78 is 6.44. The fraction of sp³-hybridized carbons (Fsp3) is 0.500. The molecule has 1 saturated heterocycles. The van der Waals surface area contributed by atoms with Crippen LogP contribution in [0.1, 0.15) is 24.3 Å². The summed E-state index contributed by atoms with van der Waals surface area (Å²) in [4.78, 5) is 15.4. The molecule has 0 saturated carbocycles. The molecule has 2 heterocycles. The van der Waals surface area contributed by atoms with Gasteiger partial charge in [-0.1, -0.05) is 5.92 Å². The van der Waals surface area contributed by atoms with Crippen molar-refractivity contribution < 1.29 is 20.1 Å². The Morgan fingerprint density at radius 1 is 1.70 bits per heavy atom. The van der Waals surface area contributed by atoms with Crippen LogP contribution in [0.4, 0.5) is 5.82 Å². The molecule has 0 radical (unpaired) electrons. The predicted octanol–water partition coefficient (Wildman–Crippen LogP) is -1.87. The molecule has 1 aromatic heterocycles. The Bertz CT molecular complexity index is 594. The highest BCUT2D eigenvalue weighted by molar-refractivity contribution is 5.41. The summed E-state index contributed by atoms with van der Waals surface area (Å²) >= 11 is 0. The molecule has 8 nitrogen and oxygen atoms in total. The molecule has 20 heavy (non-hydrogen) atoms. The number of nitrogens with zero attached hydrogens (tertiary/aromatic N) is 2. The number of aliphatic hydroxyl groups is 3. The quantitative estimate of drug-likeness (QED) is 0.477. The zero-order valence-electron chi connectivity index (χ0n) is 10.5. The molecule has 4 atom stereocenters. The van der Waals surface area contributed by atoms with Gasteiger partial charge < -0.3 is 25.8 Å². The number of hydrogen-bond acceptors (Lipinski definition) is 7. The van der Waals surface area contributed by atoms with Gasteiger partial charge in [0.2, 0.25) is 0 Å².